The maximum atomic E-state index is 12.1. The van der Waals surface area contributed by atoms with Gasteiger partial charge in [0.1, 0.15) is 11.7 Å². The number of hydrogen-bond acceptors (Lipinski definition) is 0. The molecule has 0 aromatic rings. The highest BCUT2D eigenvalue weighted by Gasteiger charge is 2.29. The summed E-state index contributed by atoms with van der Waals surface area (Å²) in [6.07, 6.45) is -0.429. The minimum absolute atomic E-state index is 0.107. The Bertz CT molecular complexity index is 182. The summed E-state index contributed by atoms with van der Waals surface area (Å²) in [6.45, 7) is 0. The molecule has 0 heterocycles. The molecule has 1 aliphatic carbocycles. The third-order valence-electron chi connectivity index (χ3n) is 1.04. The van der Waals surface area contributed by atoms with Gasteiger partial charge in [-0.15, -0.1) is 0 Å². The lowest BCUT2D eigenvalue weighted by molar-refractivity contribution is 0.102. The van der Waals surface area contributed by atoms with E-state index in [1.165, 1.54) is 0 Å². The summed E-state index contributed by atoms with van der Waals surface area (Å²) in [5.41, 5.74) is 0. The van der Waals surface area contributed by atoms with Crippen LogP contribution in [0, 0.1) is 0 Å². The minimum Gasteiger partial charge on any atom is -0.211 e. The molecule has 0 bridgehead atoms. The van der Waals surface area contributed by atoms with Crippen molar-refractivity contribution in [2.45, 2.75) is 12.3 Å². The molecule has 0 aromatic heterocycles. The SMILES string of the molecule is FC1=CC(F)(F)C=C(F)C1. The molecule has 0 saturated heterocycles. The average Bonchev–Trinajstić information content (AvgIpc) is 1.54. The van der Waals surface area contributed by atoms with E-state index in [-0.39, 0.29) is 12.2 Å². The quantitative estimate of drug-likeness (QED) is 0.468. The topological polar surface area (TPSA) is 0 Å². The number of alkyl halides is 2. The molecule has 0 aliphatic heterocycles. The van der Waals surface area contributed by atoms with Gasteiger partial charge in [0.15, 0.2) is 0 Å². The fraction of sp³-hybridized carbons (Fsp3) is 0.333. The molecule has 0 unspecified atom stereocenters. The normalized spacial score (nSPS) is 23.6. The molecule has 0 aromatic carbocycles. The molecule has 4 heteroatoms. The Hall–Kier alpha value is -0.800. The van der Waals surface area contributed by atoms with Crippen LogP contribution in [0.4, 0.5) is 17.6 Å². The van der Waals surface area contributed by atoms with Crippen LogP contribution in [-0.2, 0) is 0 Å². The van der Waals surface area contributed by atoms with Gasteiger partial charge in [0.2, 0.25) is 0 Å². The highest BCUT2D eigenvalue weighted by molar-refractivity contribution is 5.22. The van der Waals surface area contributed by atoms with E-state index in [1.807, 2.05) is 0 Å². The molecule has 0 amide bonds. The number of hydrogen-bond donors (Lipinski definition) is 0. The predicted octanol–water partition coefficient (Wildman–Crippen LogP) is 2.73. The Kier molecular flexibility index (Phi) is 1.54. The van der Waals surface area contributed by atoms with Crippen LogP contribution in [0.15, 0.2) is 23.8 Å². The minimum atomic E-state index is -3.45. The summed E-state index contributed by atoms with van der Waals surface area (Å²) in [4.78, 5) is 0. The molecule has 0 spiro atoms. The van der Waals surface area contributed by atoms with E-state index in [1.54, 1.807) is 0 Å². The van der Waals surface area contributed by atoms with Crippen molar-refractivity contribution >= 4 is 0 Å². The van der Waals surface area contributed by atoms with Crippen LogP contribution in [0.2, 0.25) is 0 Å². The Morgan fingerprint density at radius 3 is 1.80 bits per heavy atom. The van der Waals surface area contributed by atoms with Gasteiger partial charge in [-0.25, -0.2) is 8.78 Å². The van der Waals surface area contributed by atoms with Crippen LogP contribution in [0.5, 0.6) is 0 Å². The molecule has 0 N–H and O–H groups in total. The fourth-order valence-electron chi connectivity index (χ4n) is 0.723. The maximum Gasteiger partial charge on any atom is 0.290 e. The number of allylic oxidation sites excluding steroid dienone is 4. The summed E-state index contributed by atoms with van der Waals surface area (Å²) < 4.78 is 48.2. The second-order valence-corrected chi connectivity index (χ2v) is 2.03. The van der Waals surface area contributed by atoms with Gasteiger partial charge in [0.25, 0.3) is 5.92 Å². The van der Waals surface area contributed by atoms with Crippen LogP contribution < -0.4 is 0 Å². The third-order valence-corrected chi connectivity index (χ3v) is 1.04. The standard InChI is InChI=1S/C6H4F4/c7-4-1-5(8)3-6(9,10)2-4/h2-3H,1H2. The van der Waals surface area contributed by atoms with E-state index < -0.39 is 24.0 Å². The summed E-state index contributed by atoms with van der Waals surface area (Å²) >= 11 is 0. The molecule has 0 nitrogen and oxygen atoms in total. The summed E-state index contributed by atoms with van der Waals surface area (Å²) in [7, 11) is 0. The van der Waals surface area contributed by atoms with E-state index in [0.29, 0.717) is 0 Å². The van der Waals surface area contributed by atoms with Crippen molar-refractivity contribution in [1.82, 2.24) is 0 Å². The van der Waals surface area contributed by atoms with Crippen molar-refractivity contribution in [2.75, 3.05) is 0 Å². The first-order valence-corrected chi connectivity index (χ1v) is 2.62. The Morgan fingerprint density at radius 1 is 1.10 bits per heavy atom. The molecule has 0 saturated carbocycles. The highest BCUT2D eigenvalue weighted by Crippen LogP contribution is 2.30. The summed E-state index contributed by atoms with van der Waals surface area (Å²) in [5.74, 6) is -5.69. The molecule has 0 fully saturated rings. The van der Waals surface area contributed by atoms with Crippen molar-refractivity contribution in [2.24, 2.45) is 0 Å². The first-order valence-electron chi connectivity index (χ1n) is 2.62. The van der Waals surface area contributed by atoms with Crippen LogP contribution in [0.25, 0.3) is 0 Å². The van der Waals surface area contributed by atoms with E-state index in [0.717, 1.165) is 0 Å². The van der Waals surface area contributed by atoms with Crippen LogP contribution in [-0.4, -0.2) is 5.92 Å². The van der Waals surface area contributed by atoms with Crippen LogP contribution in [0.3, 0.4) is 0 Å². The first-order chi connectivity index (χ1) is 4.49. The lowest BCUT2D eigenvalue weighted by atomic mass is 10.1. The van der Waals surface area contributed by atoms with Gasteiger partial charge in [-0.05, 0) is 0 Å². The highest BCUT2D eigenvalue weighted by atomic mass is 19.3. The molecule has 1 rings (SSSR count). The van der Waals surface area contributed by atoms with Gasteiger partial charge < -0.3 is 0 Å². The zero-order valence-corrected chi connectivity index (χ0v) is 4.87. The maximum absolute atomic E-state index is 12.1. The first kappa shape index (κ1) is 7.31. The van der Waals surface area contributed by atoms with Crippen LogP contribution >= 0.6 is 0 Å². The number of rotatable bonds is 0. The van der Waals surface area contributed by atoms with Gasteiger partial charge in [0.05, 0.1) is 6.42 Å². The third kappa shape index (κ3) is 1.59. The largest absolute Gasteiger partial charge is 0.290 e. The van der Waals surface area contributed by atoms with Gasteiger partial charge in [0, 0.05) is 12.2 Å². The monoisotopic (exact) mass is 152 g/mol. The van der Waals surface area contributed by atoms with Gasteiger partial charge >= 0.3 is 0 Å². The second-order valence-electron chi connectivity index (χ2n) is 2.03. The number of halogens is 4. The van der Waals surface area contributed by atoms with Crippen LogP contribution in [0.1, 0.15) is 6.42 Å². The van der Waals surface area contributed by atoms with E-state index in [2.05, 4.69) is 0 Å². The fourth-order valence-corrected chi connectivity index (χ4v) is 0.723. The van der Waals surface area contributed by atoms with Gasteiger partial charge in [-0.2, -0.15) is 8.78 Å². The van der Waals surface area contributed by atoms with Gasteiger partial charge in [-0.1, -0.05) is 0 Å². The predicted molar refractivity (Wildman–Crippen MR) is 27.9 cm³/mol. The summed E-state index contributed by atoms with van der Waals surface area (Å²) in [5, 5.41) is 0. The zero-order chi connectivity index (χ0) is 7.78. The molecule has 10 heavy (non-hydrogen) atoms. The molecule has 0 radical (unpaired) electrons. The van der Waals surface area contributed by atoms with E-state index in [4.69, 9.17) is 0 Å². The molecule has 56 valence electrons. The van der Waals surface area contributed by atoms with Crippen molar-refractivity contribution in [1.29, 1.82) is 0 Å². The molecule has 0 atom stereocenters. The van der Waals surface area contributed by atoms with Crippen molar-refractivity contribution in [3.05, 3.63) is 23.8 Å². The zero-order valence-electron chi connectivity index (χ0n) is 4.87. The lowest BCUT2D eigenvalue weighted by Gasteiger charge is -2.11. The smallest absolute Gasteiger partial charge is 0.211 e. The lowest BCUT2D eigenvalue weighted by Crippen LogP contribution is -2.12. The Labute approximate surface area is 54.8 Å². The molecule has 1 aliphatic rings. The molecular formula is C6H4F4. The van der Waals surface area contributed by atoms with Crippen molar-refractivity contribution in [3.8, 4) is 0 Å². The summed E-state index contributed by atoms with van der Waals surface area (Å²) in [6, 6.07) is 0. The van der Waals surface area contributed by atoms with Crippen molar-refractivity contribution in [3.63, 3.8) is 0 Å². The van der Waals surface area contributed by atoms with Crippen molar-refractivity contribution < 1.29 is 17.6 Å². The van der Waals surface area contributed by atoms with E-state index >= 15 is 0 Å². The second kappa shape index (κ2) is 2.11. The van der Waals surface area contributed by atoms with Gasteiger partial charge in [-0.3, -0.25) is 0 Å². The average molecular weight is 152 g/mol. The molecular weight excluding hydrogens is 148 g/mol. The van der Waals surface area contributed by atoms with E-state index in [9.17, 15) is 17.6 Å². The Morgan fingerprint density at radius 2 is 1.50 bits per heavy atom. The Balaban J connectivity index is 2.88.